The predicted octanol–water partition coefficient (Wildman–Crippen LogP) is 18.0. The lowest BCUT2D eigenvalue weighted by atomic mass is 9.66. The summed E-state index contributed by atoms with van der Waals surface area (Å²) in [5.74, 6) is 0. The van der Waals surface area contributed by atoms with Gasteiger partial charge in [0.05, 0.1) is 28.2 Å². The Bertz CT molecular complexity index is 3750. The Morgan fingerprint density at radius 3 is 1.36 bits per heavy atom. The number of fused-ring (bicyclic) bond motifs is 17. The van der Waals surface area contributed by atoms with E-state index in [2.05, 4.69) is 277 Å². The summed E-state index contributed by atoms with van der Waals surface area (Å²) in [4.78, 5) is 4.99. The van der Waals surface area contributed by atoms with Crippen molar-refractivity contribution in [2.24, 2.45) is 0 Å². The number of benzene rings is 11. The van der Waals surface area contributed by atoms with Gasteiger partial charge in [-0.3, -0.25) is 0 Å². The van der Waals surface area contributed by atoms with Crippen LogP contribution in [0, 0.1) is 0 Å². The Labute approximate surface area is 403 Å². The van der Waals surface area contributed by atoms with Crippen LogP contribution < -0.4 is 9.80 Å². The second kappa shape index (κ2) is 15.6. The predicted molar refractivity (Wildman–Crippen MR) is 287 cm³/mol. The summed E-state index contributed by atoms with van der Waals surface area (Å²) in [6, 6.07) is 99.0. The molecule has 0 bridgehead atoms. The lowest BCUT2D eigenvalue weighted by molar-refractivity contribution is 0.775. The molecular weight excluding hydrogens is 833 g/mol. The van der Waals surface area contributed by atoms with Crippen molar-refractivity contribution >= 4 is 34.1 Å². The second-order valence-electron chi connectivity index (χ2n) is 18.3. The van der Waals surface area contributed by atoms with E-state index in [1.807, 2.05) is 0 Å². The molecule has 0 aromatic heterocycles. The summed E-state index contributed by atoms with van der Waals surface area (Å²) in [7, 11) is 0. The zero-order valence-corrected chi connectivity index (χ0v) is 37.8. The van der Waals surface area contributed by atoms with Gasteiger partial charge in [-0.25, -0.2) is 0 Å². The van der Waals surface area contributed by atoms with Crippen LogP contribution >= 0.6 is 0 Å². The molecule has 1 heterocycles. The quantitative estimate of drug-likeness (QED) is 0.170. The summed E-state index contributed by atoms with van der Waals surface area (Å²) in [5.41, 5.74) is 25.9. The van der Waals surface area contributed by atoms with E-state index < -0.39 is 5.41 Å². The smallest absolute Gasteiger partial charge is 0.0726 e. The Balaban J connectivity index is 1.09. The normalized spacial score (nSPS) is 13.0. The average Bonchev–Trinajstić information content (AvgIpc) is 3.60. The molecule has 2 nitrogen and oxygen atoms in total. The number of hydrogen-bond donors (Lipinski definition) is 0. The second-order valence-corrected chi connectivity index (χ2v) is 18.3. The number of nitrogens with zero attached hydrogens (tertiary/aromatic N) is 2. The van der Waals surface area contributed by atoms with Gasteiger partial charge in [0.1, 0.15) is 0 Å². The van der Waals surface area contributed by atoms with Crippen LogP contribution in [0.5, 0.6) is 0 Å². The number of anilines is 6. The number of para-hydroxylation sites is 3. The van der Waals surface area contributed by atoms with Gasteiger partial charge >= 0.3 is 0 Å². The fourth-order valence-electron chi connectivity index (χ4n) is 12.1. The third kappa shape index (κ3) is 5.73. The molecule has 0 unspecified atom stereocenters. The molecule has 69 heavy (non-hydrogen) atoms. The van der Waals surface area contributed by atoms with Gasteiger partial charge in [-0.15, -0.1) is 0 Å². The van der Waals surface area contributed by atoms with Gasteiger partial charge in [-0.2, -0.15) is 0 Å². The molecule has 11 aromatic carbocycles. The zero-order chi connectivity index (χ0) is 45.5. The molecule has 2 heteroatoms. The highest BCUT2D eigenvalue weighted by atomic mass is 15.2. The highest BCUT2D eigenvalue weighted by Gasteiger charge is 2.50. The van der Waals surface area contributed by atoms with Gasteiger partial charge in [-0.05, 0) is 115 Å². The molecule has 1 aliphatic heterocycles. The van der Waals surface area contributed by atoms with Crippen LogP contribution in [0.15, 0.2) is 267 Å². The Kier molecular flexibility index (Phi) is 8.84. The van der Waals surface area contributed by atoms with E-state index in [0.717, 1.165) is 45.3 Å². The van der Waals surface area contributed by atoms with Gasteiger partial charge in [0, 0.05) is 33.6 Å². The SMILES string of the molecule is c1ccc(-c2ccccc2N(c2ccc3c(c2)-c2ccccc2-c2ccccc2N3c2ccccc2)c2cccc3c2-c2ccccc2C32c3ccccc3-c3ccccc3-c3ccccc32)cc1. The number of rotatable bonds is 5. The van der Waals surface area contributed by atoms with Crippen molar-refractivity contribution in [1.29, 1.82) is 0 Å². The molecule has 3 aliphatic rings. The molecule has 11 aromatic rings. The maximum Gasteiger partial charge on any atom is 0.0726 e. The molecule has 2 aliphatic carbocycles. The average molecular weight is 877 g/mol. The Hall–Kier alpha value is -8.98. The lowest BCUT2D eigenvalue weighted by Crippen LogP contribution is -2.29. The third-order valence-electron chi connectivity index (χ3n) is 14.8. The molecule has 0 atom stereocenters. The van der Waals surface area contributed by atoms with E-state index in [4.69, 9.17) is 0 Å². The van der Waals surface area contributed by atoms with Gasteiger partial charge in [-0.1, -0.05) is 218 Å². The molecule has 1 spiro atoms. The zero-order valence-electron chi connectivity index (χ0n) is 37.8. The van der Waals surface area contributed by atoms with Crippen LogP contribution in [-0.4, -0.2) is 0 Å². The summed E-state index contributed by atoms with van der Waals surface area (Å²) in [6.07, 6.45) is 0. The lowest BCUT2D eigenvalue weighted by Gasteiger charge is -2.36. The third-order valence-corrected chi connectivity index (χ3v) is 14.8. The van der Waals surface area contributed by atoms with Crippen LogP contribution in [0.4, 0.5) is 34.1 Å². The van der Waals surface area contributed by atoms with Crippen LogP contribution in [0.25, 0.3) is 66.8 Å². The van der Waals surface area contributed by atoms with Crippen molar-refractivity contribution < 1.29 is 0 Å². The molecule has 0 N–H and O–H groups in total. The van der Waals surface area contributed by atoms with Gasteiger partial charge in [0.25, 0.3) is 0 Å². The van der Waals surface area contributed by atoms with Crippen LogP contribution in [-0.2, 0) is 5.41 Å². The Morgan fingerprint density at radius 2 is 0.710 bits per heavy atom. The van der Waals surface area contributed by atoms with Crippen molar-refractivity contribution in [1.82, 2.24) is 0 Å². The van der Waals surface area contributed by atoms with Gasteiger partial charge in [0.15, 0.2) is 0 Å². The van der Waals surface area contributed by atoms with Crippen molar-refractivity contribution in [2.75, 3.05) is 9.80 Å². The minimum absolute atomic E-state index is 0.618. The molecule has 322 valence electrons. The molecular formula is C67H44N2. The van der Waals surface area contributed by atoms with Gasteiger partial charge < -0.3 is 9.80 Å². The minimum Gasteiger partial charge on any atom is -0.309 e. The number of hydrogen-bond acceptors (Lipinski definition) is 2. The first-order valence-corrected chi connectivity index (χ1v) is 23.9. The van der Waals surface area contributed by atoms with Crippen LogP contribution in [0.1, 0.15) is 22.3 Å². The monoisotopic (exact) mass is 876 g/mol. The fourth-order valence-corrected chi connectivity index (χ4v) is 12.1. The van der Waals surface area contributed by atoms with E-state index in [1.165, 1.54) is 77.9 Å². The molecule has 0 amide bonds. The van der Waals surface area contributed by atoms with Crippen molar-refractivity contribution in [3.05, 3.63) is 289 Å². The van der Waals surface area contributed by atoms with E-state index in [1.54, 1.807) is 0 Å². The molecule has 0 saturated carbocycles. The van der Waals surface area contributed by atoms with E-state index in [-0.39, 0.29) is 0 Å². The molecule has 14 rings (SSSR count). The molecule has 0 fully saturated rings. The summed E-state index contributed by atoms with van der Waals surface area (Å²) >= 11 is 0. The van der Waals surface area contributed by atoms with Gasteiger partial charge in [0.2, 0.25) is 0 Å². The standard InChI is InChI=1S/C67H44N2/c1-3-22-45(23-4-1)48-26-14-19-39-62(48)69(47-42-43-64-57(44-47)52-30-10-9-29-51(52)55-33-15-20-40-63(55)68(64)46-24-5-2-6-25-46)65-41-21-38-61-66(65)56-34-13-18-37-60(56)67(61)58-35-16-11-31-53(58)49-27-7-8-28-50(49)54-32-12-17-36-59(54)67/h1-44H. The first kappa shape index (κ1) is 39.2. The summed E-state index contributed by atoms with van der Waals surface area (Å²) in [5, 5.41) is 0. The summed E-state index contributed by atoms with van der Waals surface area (Å²) < 4.78 is 0. The Morgan fingerprint density at radius 1 is 0.275 bits per heavy atom. The first-order chi connectivity index (χ1) is 34.3. The molecule has 0 saturated heterocycles. The highest BCUT2D eigenvalue weighted by molar-refractivity contribution is 6.06. The maximum absolute atomic E-state index is 2.55. The molecule has 0 radical (unpaired) electrons. The minimum atomic E-state index is -0.618. The largest absolute Gasteiger partial charge is 0.309 e. The highest BCUT2D eigenvalue weighted by Crippen LogP contribution is 2.64. The van der Waals surface area contributed by atoms with E-state index >= 15 is 0 Å². The van der Waals surface area contributed by atoms with Crippen LogP contribution in [0.3, 0.4) is 0 Å². The van der Waals surface area contributed by atoms with Crippen LogP contribution in [0.2, 0.25) is 0 Å². The van der Waals surface area contributed by atoms with Crippen molar-refractivity contribution in [2.45, 2.75) is 5.41 Å². The van der Waals surface area contributed by atoms with Crippen molar-refractivity contribution in [3.63, 3.8) is 0 Å². The maximum atomic E-state index is 2.55. The summed E-state index contributed by atoms with van der Waals surface area (Å²) in [6.45, 7) is 0. The van der Waals surface area contributed by atoms with Crippen molar-refractivity contribution in [3.8, 4) is 66.8 Å². The fraction of sp³-hybridized carbons (Fsp3) is 0.0149. The topological polar surface area (TPSA) is 6.48 Å². The first-order valence-electron chi connectivity index (χ1n) is 23.9. The van der Waals surface area contributed by atoms with E-state index in [0.29, 0.717) is 0 Å². The van der Waals surface area contributed by atoms with E-state index in [9.17, 15) is 0 Å².